The molecule has 0 aromatic heterocycles. The van der Waals surface area contributed by atoms with Crippen molar-refractivity contribution in [3.63, 3.8) is 0 Å². The van der Waals surface area contributed by atoms with E-state index in [4.69, 9.17) is 0 Å². The molecule has 0 aliphatic carbocycles. The number of hydrogen-bond donors (Lipinski definition) is 0. The molecule has 2 heteroatoms. The highest BCUT2D eigenvalue weighted by Crippen LogP contribution is 2.29. The van der Waals surface area contributed by atoms with Gasteiger partial charge in [0.25, 0.3) is 0 Å². The SMILES string of the molecule is CC(C)(C)C(I)CC[SiH3]. The van der Waals surface area contributed by atoms with E-state index < -0.39 is 0 Å². The van der Waals surface area contributed by atoms with Crippen LogP contribution in [0.25, 0.3) is 0 Å². The summed E-state index contributed by atoms with van der Waals surface area (Å²) in [5.41, 5.74) is 0.519. The van der Waals surface area contributed by atoms with E-state index >= 15 is 0 Å². The molecule has 1 atom stereocenters. The molecule has 0 N–H and O–H groups in total. The predicted octanol–water partition coefficient (Wildman–Crippen LogP) is 2.01. The molecule has 0 saturated carbocycles. The van der Waals surface area contributed by atoms with Crippen molar-refractivity contribution < 1.29 is 0 Å². The molecule has 0 heterocycles. The molecule has 56 valence electrons. The van der Waals surface area contributed by atoms with Crippen LogP contribution in [0.1, 0.15) is 27.2 Å². The van der Waals surface area contributed by atoms with Gasteiger partial charge in [-0.25, -0.2) is 0 Å². The summed E-state index contributed by atoms with van der Waals surface area (Å²) < 4.78 is 0.868. The molecule has 0 aromatic rings. The summed E-state index contributed by atoms with van der Waals surface area (Å²) in [5.74, 6) is 0. The second kappa shape index (κ2) is 3.96. The molecule has 0 aliphatic heterocycles. The van der Waals surface area contributed by atoms with Crippen molar-refractivity contribution in [1.29, 1.82) is 0 Å². The first-order valence-electron chi connectivity index (χ1n) is 3.62. The molecule has 0 nitrogen and oxygen atoms in total. The highest BCUT2D eigenvalue weighted by Gasteiger charge is 2.19. The summed E-state index contributed by atoms with van der Waals surface area (Å²) in [5, 5.41) is 0. The fourth-order valence-corrected chi connectivity index (χ4v) is 3.06. The van der Waals surface area contributed by atoms with Crippen molar-refractivity contribution in [1.82, 2.24) is 0 Å². The Morgan fingerprint density at radius 2 is 1.89 bits per heavy atom. The number of hydrogen-bond acceptors (Lipinski definition) is 0. The minimum atomic E-state index is 0.519. The predicted molar refractivity (Wildman–Crippen MR) is 56.6 cm³/mol. The summed E-state index contributed by atoms with van der Waals surface area (Å²) >= 11 is 2.57. The molecule has 0 spiro atoms. The Bertz CT molecular complexity index is 75.5. The zero-order valence-electron chi connectivity index (χ0n) is 6.87. The van der Waals surface area contributed by atoms with Crippen LogP contribution in [0.4, 0.5) is 0 Å². The average Bonchev–Trinajstić information content (AvgIpc) is 1.64. The third-order valence-electron chi connectivity index (χ3n) is 1.48. The quantitative estimate of drug-likeness (QED) is 0.403. The first-order valence-corrected chi connectivity index (χ1v) is 6.28. The van der Waals surface area contributed by atoms with Crippen LogP contribution in [0, 0.1) is 5.41 Å². The molecule has 0 aliphatic rings. The molecular weight excluding hydrogens is 239 g/mol. The van der Waals surface area contributed by atoms with E-state index in [2.05, 4.69) is 43.4 Å². The van der Waals surface area contributed by atoms with Gasteiger partial charge in [-0.3, -0.25) is 0 Å². The largest absolute Gasteiger partial charge is 0.0821 e. The second-order valence-electron chi connectivity index (χ2n) is 3.62. The van der Waals surface area contributed by atoms with Crippen LogP contribution in [0.3, 0.4) is 0 Å². The molecule has 1 unspecified atom stereocenters. The third-order valence-corrected chi connectivity index (χ3v) is 4.55. The van der Waals surface area contributed by atoms with E-state index in [9.17, 15) is 0 Å². The number of alkyl halides is 1. The first kappa shape index (κ1) is 9.95. The standard InChI is InChI=1S/C7H17ISi/c1-7(2,3)6(8)4-5-9/h6H,4-5H2,1-3,9H3. The minimum absolute atomic E-state index is 0.519. The van der Waals surface area contributed by atoms with Gasteiger partial charge in [0, 0.05) is 14.2 Å². The molecule has 0 aromatic carbocycles. The van der Waals surface area contributed by atoms with Gasteiger partial charge in [-0.1, -0.05) is 49.4 Å². The molecule has 9 heavy (non-hydrogen) atoms. The summed E-state index contributed by atoms with van der Waals surface area (Å²) in [6.07, 6.45) is 1.41. The van der Waals surface area contributed by atoms with Crippen LogP contribution in [-0.2, 0) is 0 Å². The molecule has 0 bridgehead atoms. The van der Waals surface area contributed by atoms with Crippen molar-refractivity contribution >= 4 is 32.8 Å². The lowest BCUT2D eigenvalue weighted by molar-refractivity contribution is 0.400. The maximum Gasteiger partial charge on any atom is 0.0155 e. The summed E-state index contributed by atoms with van der Waals surface area (Å²) in [6.45, 7) is 6.96. The lowest BCUT2D eigenvalue weighted by Gasteiger charge is -2.24. The summed E-state index contributed by atoms with van der Waals surface area (Å²) in [7, 11) is 1.37. The third kappa shape index (κ3) is 4.36. The maximum absolute atomic E-state index is 2.57. The smallest absolute Gasteiger partial charge is 0.0155 e. The number of rotatable bonds is 2. The van der Waals surface area contributed by atoms with E-state index in [0.29, 0.717) is 5.41 Å². The Morgan fingerprint density at radius 3 is 2.00 bits per heavy atom. The van der Waals surface area contributed by atoms with Gasteiger partial charge in [0.15, 0.2) is 0 Å². The van der Waals surface area contributed by atoms with E-state index in [0.717, 1.165) is 3.92 Å². The zero-order chi connectivity index (χ0) is 7.49. The summed E-state index contributed by atoms with van der Waals surface area (Å²) in [6, 6.07) is 1.45. The highest BCUT2D eigenvalue weighted by atomic mass is 127. The van der Waals surface area contributed by atoms with Crippen molar-refractivity contribution in [3.8, 4) is 0 Å². The van der Waals surface area contributed by atoms with Gasteiger partial charge in [-0.05, 0) is 11.8 Å². The van der Waals surface area contributed by atoms with Gasteiger partial charge in [0.05, 0.1) is 0 Å². The van der Waals surface area contributed by atoms with Crippen LogP contribution in [0.15, 0.2) is 0 Å². The fourth-order valence-electron chi connectivity index (χ4n) is 0.686. The Labute approximate surface area is 75.4 Å². The van der Waals surface area contributed by atoms with Crippen LogP contribution >= 0.6 is 22.6 Å². The van der Waals surface area contributed by atoms with Crippen LogP contribution < -0.4 is 0 Å². The van der Waals surface area contributed by atoms with Gasteiger partial charge < -0.3 is 0 Å². The average molecular weight is 256 g/mol. The lowest BCUT2D eigenvalue weighted by Crippen LogP contribution is -2.19. The monoisotopic (exact) mass is 256 g/mol. The fraction of sp³-hybridized carbons (Fsp3) is 1.00. The zero-order valence-corrected chi connectivity index (χ0v) is 11.0. The highest BCUT2D eigenvalue weighted by molar-refractivity contribution is 14.1. The van der Waals surface area contributed by atoms with Crippen LogP contribution in [0.5, 0.6) is 0 Å². The van der Waals surface area contributed by atoms with Gasteiger partial charge >= 0.3 is 0 Å². The van der Waals surface area contributed by atoms with E-state index in [1.165, 1.54) is 22.7 Å². The van der Waals surface area contributed by atoms with Crippen molar-refractivity contribution in [3.05, 3.63) is 0 Å². The van der Waals surface area contributed by atoms with Gasteiger partial charge in [0.1, 0.15) is 0 Å². The van der Waals surface area contributed by atoms with E-state index in [1.807, 2.05) is 0 Å². The van der Waals surface area contributed by atoms with Crippen molar-refractivity contribution in [2.75, 3.05) is 0 Å². The van der Waals surface area contributed by atoms with Crippen molar-refractivity contribution in [2.45, 2.75) is 37.2 Å². The van der Waals surface area contributed by atoms with Gasteiger partial charge in [0.2, 0.25) is 0 Å². The Morgan fingerprint density at radius 1 is 1.44 bits per heavy atom. The minimum Gasteiger partial charge on any atom is -0.0821 e. The molecule has 0 radical (unpaired) electrons. The topological polar surface area (TPSA) is 0 Å². The second-order valence-corrected chi connectivity index (χ2v) is 6.13. The molecule has 0 rings (SSSR count). The van der Waals surface area contributed by atoms with Crippen LogP contribution in [-0.4, -0.2) is 14.2 Å². The summed E-state index contributed by atoms with van der Waals surface area (Å²) in [4.78, 5) is 0. The van der Waals surface area contributed by atoms with Crippen molar-refractivity contribution in [2.24, 2.45) is 5.41 Å². The van der Waals surface area contributed by atoms with E-state index in [1.54, 1.807) is 0 Å². The van der Waals surface area contributed by atoms with Crippen LogP contribution in [0.2, 0.25) is 6.04 Å². The molecule has 0 fully saturated rings. The van der Waals surface area contributed by atoms with E-state index in [-0.39, 0.29) is 0 Å². The Balaban J connectivity index is 3.59. The molecule has 0 saturated heterocycles. The maximum atomic E-state index is 2.57. The van der Waals surface area contributed by atoms with Gasteiger partial charge in [-0.15, -0.1) is 0 Å². The lowest BCUT2D eigenvalue weighted by atomic mass is 9.91. The Kier molecular flexibility index (Phi) is 4.38. The molecular formula is C7H17ISi. The molecule has 0 amide bonds. The number of halogens is 1. The first-order chi connectivity index (χ1) is 3.98. The normalized spacial score (nSPS) is 16.0. The van der Waals surface area contributed by atoms with Gasteiger partial charge in [-0.2, -0.15) is 0 Å². The Hall–Kier alpha value is 0.947.